The molecule has 9 nitrogen and oxygen atoms in total. The van der Waals surface area contributed by atoms with Crippen LogP contribution in [0.25, 0.3) is 5.76 Å². The van der Waals surface area contributed by atoms with Crippen LogP contribution in [0, 0.1) is 18.3 Å². The van der Waals surface area contributed by atoms with Crippen molar-refractivity contribution < 1.29 is 27.7 Å². The van der Waals surface area contributed by atoms with Gasteiger partial charge in [-0.25, -0.2) is 8.42 Å². The average molecular weight is 532 g/mol. The number of allylic oxidation sites excluding steroid dienone is 2. The van der Waals surface area contributed by atoms with Crippen LogP contribution in [0.3, 0.4) is 0 Å². The van der Waals surface area contributed by atoms with Gasteiger partial charge in [-0.2, -0.15) is 5.26 Å². The standard InChI is InChI=1S/C28H25N3O6S/c1-16-8-4-5-9-17(16)15-31-21-11-7-6-10-19(21)26-27(38(31,33)34)24(20(14-29)28(30)37-26)18-12-22(35-2)25(32)23(13-18)36-3/h4-13,24,32H,15,30H2,1-3H3. The Balaban J connectivity index is 1.80. The van der Waals surface area contributed by atoms with Crippen molar-refractivity contribution in [2.45, 2.75) is 19.4 Å². The largest absolute Gasteiger partial charge is 0.502 e. The number of hydrogen-bond donors (Lipinski definition) is 2. The number of rotatable bonds is 5. The molecule has 0 aliphatic carbocycles. The molecule has 2 heterocycles. The fourth-order valence-electron chi connectivity index (χ4n) is 4.84. The molecule has 194 valence electrons. The number of nitrogens with zero attached hydrogens (tertiary/aromatic N) is 2. The first-order chi connectivity index (χ1) is 18.2. The van der Waals surface area contributed by atoms with E-state index in [0.717, 1.165) is 11.1 Å². The topological polar surface area (TPSA) is 135 Å². The van der Waals surface area contributed by atoms with Crippen LogP contribution in [0.15, 0.2) is 77.0 Å². The van der Waals surface area contributed by atoms with Gasteiger partial charge in [-0.15, -0.1) is 0 Å². The molecule has 0 amide bonds. The van der Waals surface area contributed by atoms with E-state index >= 15 is 0 Å². The maximum absolute atomic E-state index is 14.5. The third-order valence-electron chi connectivity index (χ3n) is 6.77. The number of anilines is 1. The number of ether oxygens (including phenoxy) is 3. The van der Waals surface area contributed by atoms with E-state index in [2.05, 4.69) is 0 Å². The van der Waals surface area contributed by atoms with Gasteiger partial charge in [0.15, 0.2) is 17.3 Å². The van der Waals surface area contributed by atoms with E-state index in [9.17, 15) is 18.8 Å². The third-order valence-corrected chi connectivity index (χ3v) is 8.65. The number of hydrogen-bond acceptors (Lipinski definition) is 8. The molecule has 0 fully saturated rings. The highest BCUT2D eigenvalue weighted by Crippen LogP contribution is 2.53. The summed E-state index contributed by atoms with van der Waals surface area (Å²) in [5.74, 6) is -1.46. The van der Waals surface area contributed by atoms with Gasteiger partial charge in [0.05, 0.1) is 32.4 Å². The van der Waals surface area contributed by atoms with Gasteiger partial charge in [0.2, 0.25) is 11.6 Å². The lowest BCUT2D eigenvalue weighted by atomic mass is 9.87. The number of phenols is 1. The second kappa shape index (κ2) is 9.36. The molecule has 5 rings (SSSR count). The number of fused-ring (bicyclic) bond motifs is 2. The maximum Gasteiger partial charge on any atom is 0.265 e. The molecule has 1 atom stereocenters. The van der Waals surface area contributed by atoms with Crippen LogP contribution in [0.1, 0.15) is 28.2 Å². The highest BCUT2D eigenvalue weighted by atomic mass is 32.2. The number of benzene rings is 3. The second-order valence-corrected chi connectivity index (χ2v) is 10.7. The van der Waals surface area contributed by atoms with E-state index in [1.54, 1.807) is 24.3 Å². The first-order valence-corrected chi connectivity index (χ1v) is 13.1. The van der Waals surface area contributed by atoms with Crippen molar-refractivity contribution in [3.05, 3.63) is 99.3 Å². The van der Waals surface area contributed by atoms with Gasteiger partial charge >= 0.3 is 0 Å². The molecule has 3 N–H and O–H groups in total. The van der Waals surface area contributed by atoms with Crippen LogP contribution in [0.5, 0.6) is 17.2 Å². The molecule has 0 radical (unpaired) electrons. The van der Waals surface area contributed by atoms with Crippen molar-refractivity contribution in [1.29, 1.82) is 5.26 Å². The minimum Gasteiger partial charge on any atom is -0.502 e. The summed E-state index contributed by atoms with van der Waals surface area (Å²) >= 11 is 0. The number of aryl methyl sites for hydroxylation is 1. The number of nitrogens with two attached hydrogens (primary N) is 1. The minimum absolute atomic E-state index is 0.0501. The number of nitriles is 1. The molecule has 0 aromatic heterocycles. The molecule has 10 heteroatoms. The molecule has 0 saturated carbocycles. The Morgan fingerprint density at radius 1 is 1.08 bits per heavy atom. The molecule has 1 unspecified atom stereocenters. The zero-order chi connectivity index (χ0) is 27.2. The normalized spacial score (nSPS) is 17.7. The summed E-state index contributed by atoms with van der Waals surface area (Å²) in [6.45, 7) is 1.99. The fourth-order valence-corrected chi connectivity index (χ4v) is 6.74. The van der Waals surface area contributed by atoms with Crippen LogP contribution in [0.2, 0.25) is 0 Å². The van der Waals surface area contributed by atoms with Crippen molar-refractivity contribution in [3.63, 3.8) is 0 Å². The lowest BCUT2D eigenvalue weighted by molar-refractivity contribution is 0.338. The lowest BCUT2D eigenvalue weighted by Gasteiger charge is -2.38. The van der Waals surface area contributed by atoms with Crippen LogP contribution in [-0.2, 0) is 21.3 Å². The fraction of sp³-hybridized carbons (Fsp3) is 0.179. The molecular weight excluding hydrogens is 506 g/mol. The quantitative estimate of drug-likeness (QED) is 0.499. The molecule has 3 aromatic carbocycles. The molecule has 2 aliphatic heterocycles. The van der Waals surface area contributed by atoms with Crippen LogP contribution in [0.4, 0.5) is 5.69 Å². The molecular formula is C28H25N3O6S. The van der Waals surface area contributed by atoms with Crippen molar-refractivity contribution in [2.24, 2.45) is 5.73 Å². The minimum atomic E-state index is -4.26. The Labute approximate surface area is 220 Å². The van der Waals surface area contributed by atoms with Gasteiger partial charge in [-0.05, 0) is 47.9 Å². The number of sulfonamides is 1. The van der Waals surface area contributed by atoms with Crippen LogP contribution >= 0.6 is 0 Å². The lowest BCUT2D eigenvalue weighted by Crippen LogP contribution is -2.39. The monoisotopic (exact) mass is 531 g/mol. The summed E-state index contributed by atoms with van der Waals surface area (Å²) in [5, 5.41) is 20.6. The molecule has 0 spiro atoms. The van der Waals surface area contributed by atoms with Crippen LogP contribution in [-0.4, -0.2) is 27.7 Å². The summed E-state index contributed by atoms with van der Waals surface area (Å²) in [6, 6.07) is 19.5. The van der Waals surface area contributed by atoms with Gasteiger partial charge < -0.3 is 25.1 Å². The van der Waals surface area contributed by atoms with E-state index < -0.39 is 15.9 Å². The number of aromatic hydroxyl groups is 1. The zero-order valence-corrected chi connectivity index (χ0v) is 21.7. The van der Waals surface area contributed by atoms with Crippen LogP contribution < -0.4 is 19.5 Å². The third kappa shape index (κ3) is 3.79. The predicted molar refractivity (Wildman–Crippen MR) is 142 cm³/mol. The van der Waals surface area contributed by atoms with Gasteiger partial charge in [0, 0.05) is 5.56 Å². The van der Waals surface area contributed by atoms with E-state index in [4.69, 9.17) is 19.9 Å². The Morgan fingerprint density at radius 3 is 2.34 bits per heavy atom. The molecule has 2 aliphatic rings. The van der Waals surface area contributed by atoms with Crippen molar-refractivity contribution in [3.8, 4) is 23.3 Å². The average Bonchev–Trinajstić information content (AvgIpc) is 2.91. The van der Waals surface area contributed by atoms with Gasteiger partial charge in [-0.1, -0.05) is 36.4 Å². The SMILES string of the molecule is COc1cc(C2C(C#N)=C(N)OC3=C2S(=O)(=O)N(Cc2ccccc2C)c2ccccc23)cc(OC)c1O. The second-order valence-electron chi connectivity index (χ2n) is 8.85. The van der Waals surface area contributed by atoms with Crippen molar-refractivity contribution >= 4 is 21.5 Å². The van der Waals surface area contributed by atoms with E-state index in [-0.39, 0.29) is 45.9 Å². The predicted octanol–water partition coefficient (Wildman–Crippen LogP) is 4.24. The first-order valence-electron chi connectivity index (χ1n) is 11.7. The Morgan fingerprint density at radius 2 is 1.71 bits per heavy atom. The molecule has 3 aromatic rings. The smallest absolute Gasteiger partial charge is 0.265 e. The van der Waals surface area contributed by atoms with E-state index in [1.165, 1.54) is 30.7 Å². The zero-order valence-electron chi connectivity index (χ0n) is 20.9. The Hall–Kier alpha value is -4.62. The number of phenolic OH excluding ortho intramolecular Hbond substituents is 1. The first kappa shape index (κ1) is 25.0. The summed E-state index contributed by atoms with van der Waals surface area (Å²) in [7, 11) is -1.54. The summed E-state index contributed by atoms with van der Waals surface area (Å²) in [6.07, 6.45) is 0. The highest BCUT2D eigenvalue weighted by molar-refractivity contribution is 7.96. The van der Waals surface area contributed by atoms with E-state index in [1.807, 2.05) is 37.3 Å². The Bertz CT molecular complexity index is 1640. The van der Waals surface area contributed by atoms with E-state index in [0.29, 0.717) is 16.8 Å². The van der Waals surface area contributed by atoms with Crippen molar-refractivity contribution in [2.75, 3.05) is 18.5 Å². The molecule has 0 saturated heterocycles. The number of para-hydroxylation sites is 1. The molecule has 38 heavy (non-hydrogen) atoms. The van der Waals surface area contributed by atoms with Crippen molar-refractivity contribution in [1.82, 2.24) is 0 Å². The van der Waals surface area contributed by atoms with Gasteiger partial charge in [-0.3, -0.25) is 4.31 Å². The highest BCUT2D eigenvalue weighted by Gasteiger charge is 2.47. The summed E-state index contributed by atoms with van der Waals surface area (Å²) < 4.78 is 46.7. The summed E-state index contributed by atoms with van der Waals surface area (Å²) in [5.41, 5.74) is 9.15. The van der Waals surface area contributed by atoms with Gasteiger partial charge in [0.1, 0.15) is 16.5 Å². The maximum atomic E-state index is 14.5. The summed E-state index contributed by atoms with van der Waals surface area (Å²) in [4.78, 5) is -0.134. The Kier molecular flexibility index (Phi) is 6.17. The molecule has 0 bridgehead atoms. The number of methoxy groups -OCH3 is 2. The van der Waals surface area contributed by atoms with Gasteiger partial charge in [0.25, 0.3) is 10.0 Å².